The van der Waals surface area contributed by atoms with E-state index in [0.717, 1.165) is 28.9 Å². The molecule has 24 heavy (non-hydrogen) atoms. The largest absolute Gasteiger partial charge is 0.373 e. The lowest BCUT2D eigenvalue weighted by Crippen LogP contribution is -2.08. The zero-order chi connectivity index (χ0) is 16.7. The van der Waals surface area contributed by atoms with Crippen LogP contribution in [-0.2, 0) is 11.8 Å². The molecule has 1 aliphatic heterocycles. The minimum Gasteiger partial charge on any atom is -0.373 e. The summed E-state index contributed by atoms with van der Waals surface area (Å²) in [4.78, 5) is 8.88. The third-order valence-electron chi connectivity index (χ3n) is 4.57. The summed E-state index contributed by atoms with van der Waals surface area (Å²) in [5.74, 6) is 1.15. The first-order chi connectivity index (χ1) is 11.6. The SMILES string of the molecule is Cc1ccnc(-c2noc([C@@H]3CCO[C@H]3c3cnn(C)c3C)n2)c1. The van der Waals surface area contributed by atoms with Crippen molar-refractivity contribution in [3.05, 3.63) is 47.2 Å². The highest BCUT2D eigenvalue weighted by molar-refractivity contribution is 5.49. The lowest BCUT2D eigenvalue weighted by molar-refractivity contribution is 0.0980. The van der Waals surface area contributed by atoms with E-state index in [-0.39, 0.29) is 12.0 Å². The predicted molar refractivity (Wildman–Crippen MR) is 86.3 cm³/mol. The highest BCUT2D eigenvalue weighted by Gasteiger charge is 2.37. The summed E-state index contributed by atoms with van der Waals surface area (Å²) in [6.45, 7) is 4.72. The van der Waals surface area contributed by atoms with E-state index < -0.39 is 0 Å². The van der Waals surface area contributed by atoms with E-state index in [4.69, 9.17) is 9.26 Å². The van der Waals surface area contributed by atoms with Crippen LogP contribution in [0.5, 0.6) is 0 Å². The third-order valence-corrected chi connectivity index (χ3v) is 4.57. The van der Waals surface area contributed by atoms with Gasteiger partial charge in [-0.1, -0.05) is 5.16 Å². The minimum atomic E-state index is -0.0996. The smallest absolute Gasteiger partial charge is 0.233 e. The molecule has 0 saturated carbocycles. The van der Waals surface area contributed by atoms with Crippen LogP contribution in [-0.4, -0.2) is 31.5 Å². The lowest BCUT2D eigenvalue weighted by Gasteiger charge is -2.14. The quantitative estimate of drug-likeness (QED) is 0.737. The van der Waals surface area contributed by atoms with E-state index in [1.165, 1.54) is 0 Å². The van der Waals surface area contributed by atoms with Crippen molar-refractivity contribution in [3.63, 3.8) is 0 Å². The minimum absolute atomic E-state index is 0.0407. The number of hydrogen-bond acceptors (Lipinski definition) is 6. The zero-order valence-corrected chi connectivity index (χ0v) is 13.9. The number of pyridine rings is 1. The fourth-order valence-corrected chi connectivity index (χ4v) is 3.09. The highest BCUT2D eigenvalue weighted by Crippen LogP contribution is 2.42. The summed E-state index contributed by atoms with van der Waals surface area (Å²) < 4.78 is 13.3. The molecule has 2 atom stereocenters. The monoisotopic (exact) mass is 325 g/mol. The average Bonchev–Trinajstić information content (AvgIpc) is 3.28. The van der Waals surface area contributed by atoms with E-state index in [1.54, 1.807) is 6.20 Å². The average molecular weight is 325 g/mol. The Balaban J connectivity index is 1.65. The lowest BCUT2D eigenvalue weighted by atomic mass is 9.95. The van der Waals surface area contributed by atoms with Gasteiger partial charge in [-0.2, -0.15) is 10.1 Å². The standard InChI is InChI=1S/C17H19N5O2/c1-10-4-6-18-14(8-10)16-20-17(24-21-16)12-5-7-23-15(12)13-9-19-22(3)11(13)2/h4,6,8-9,12,15H,5,7H2,1-3H3/t12-,15-/m1/s1. The summed E-state index contributed by atoms with van der Waals surface area (Å²) in [5, 5.41) is 8.41. The number of aromatic nitrogens is 5. The Morgan fingerprint density at radius 2 is 2.17 bits per heavy atom. The number of rotatable bonds is 3. The molecule has 0 N–H and O–H groups in total. The first-order valence-electron chi connectivity index (χ1n) is 8.00. The van der Waals surface area contributed by atoms with Gasteiger partial charge in [0.25, 0.3) is 0 Å². The normalized spacial score (nSPS) is 20.6. The van der Waals surface area contributed by atoms with Crippen molar-refractivity contribution >= 4 is 0 Å². The Morgan fingerprint density at radius 3 is 2.92 bits per heavy atom. The van der Waals surface area contributed by atoms with E-state index in [0.29, 0.717) is 18.3 Å². The Kier molecular flexibility index (Phi) is 3.65. The maximum Gasteiger partial charge on any atom is 0.233 e. The van der Waals surface area contributed by atoms with Gasteiger partial charge in [-0.3, -0.25) is 9.67 Å². The summed E-state index contributed by atoms with van der Waals surface area (Å²) in [6, 6.07) is 3.89. The molecule has 1 fully saturated rings. The summed E-state index contributed by atoms with van der Waals surface area (Å²) in [5.41, 5.74) is 4.00. The van der Waals surface area contributed by atoms with Crippen LogP contribution in [0.15, 0.2) is 29.0 Å². The van der Waals surface area contributed by atoms with Gasteiger partial charge in [-0.05, 0) is 38.0 Å². The van der Waals surface area contributed by atoms with Crippen LogP contribution in [0.4, 0.5) is 0 Å². The third kappa shape index (κ3) is 2.50. The molecule has 4 rings (SSSR count). The first kappa shape index (κ1) is 15.0. The van der Waals surface area contributed by atoms with Crippen LogP contribution in [0.25, 0.3) is 11.5 Å². The molecule has 1 aliphatic rings. The zero-order valence-electron chi connectivity index (χ0n) is 13.9. The highest BCUT2D eigenvalue weighted by atomic mass is 16.5. The van der Waals surface area contributed by atoms with E-state index in [9.17, 15) is 0 Å². The van der Waals surface area contributed by atoms with Gasteiger partial charge in [0.15, 0.2) is 0 Å². The van der Waals surface area contributed by atoms with Crippen LogP contribution in [0.3, 0.4) is 0 Å². The van der Waals surface area contributed by atoms with Crippen molar-refractivity contribution in [1.82, 2.24) is 24.9 Å². The van der Waals surface area contributed by atoms with Gasteiger partial charge >= 0.3 is 0 Å². The number of nitrogens with zero attached hydrogens (tertiary/aromatic N) is 5. The summed E-state index contributed by atoms with van der Waals surface area (Å²) in [7, 11) is 1.93. The van der Waals surface area contributed by atoms with Crippen molar-refractivity contribution in [2.45, 2.75) is 32.3 Å². The predicted octanol–water partition coefficient (Wildman–Crippen LogP) is 2.73. The van der Waals surface area contributed by atoms with Gasteiger partial charge < -0.3 is 9.26 Å². The van der Waals surface area contributed by atoms with Crippen LogP contribution < -0.4 is 0 Å². The molecule has 124 valence electrons. The van der Waals surface area contributed by atoms with E-state index in [2.05, 4.69) is 20.2 Å². The Bertz CT molecular complexity index is 870. The molecule has 7 heteroatoms. The summed E-state index contributed by atoms with van der Waals surface area (Å²) >= 11 is 0. The van der Waals surface area contributed by atoms with Gasteiger partial charge in [0.1, 0.15) is 5.69 Å². The molecular formula is C17H19N5O2. The van der Waals surface area contributed by atoms with Crippen LogP contribution >= 0.6 is 0 Å². The molecule has 0 aliphatic carbocycles. The second-order valence-corrected chi connectivity index (χ2v) is 6.17. The summed E-state index contributed by atoms with van der Waals surface area (Å²) in [6.07, 6.45) is 4.36. The molecule has 7 nitrogen and oxygen atoms in total. The van der Waals surface area contributed by atoms with Crippen molar-refractivity contribution in [2.75, 3.05) is 6.61 Å². The number of aryl methyl sites for hydroxylation is 2. The van der Waals surface area contributed by atoms with Crippen molar-refractivity contribution in [1.29, 1.82) is 0 Å². The molecule has 0 unspecified atom stereocenters. The molecule has 0 aromatic carbocycles. The van der Waals surface area contributed by atoms with E-state index in [1.807, 2.05) is 43.9 Å². The molecule has 3 aromatic heterocycles. The fraction of sp³-hybridized carbons (Fsp3) is 0.412. The van der Waals surface area contributed by atoms with Gasteiger partial charge in [0.05, 0.1) is 18.2 Å². The Labute approximate surface area is 139 Å². The van der Waals surface area contributed by atoms with Crippen LogP contribution in [0.2, 0.25) is 0 Å². The Hall–Kier alpha value is -2.54. The maximum atomic E-state index is 5.94. The number of ether oxygens (including phenoxy) is 1. The molecule has 0 radical (unpaired) electrons. The van der Waals surface area contributed by atoms with Gasteiger partial charge in [-0.25, -0.2) is 0 Å². The number of hydrogen-bond donors (Lipinski definition) is 0. The maximum absolute atomic E-state index is 5.94. The molecule has 0 spiro atoms. The second-order valence-electron chi connectivity index (χ2n) is 6.17. The van der Waals surface area contributed by atoms with Gasteiger partial charge in [-0.15, -0.1) is 0 Å². The fourth-order valence-electron chi connectivity index (χ4n) is 3.09. The molecule has 4 heterocycles. The van der Waals surface area contributed by atoms with Crippen LogP contribution in [0, 0.1) is 13.8 Å². The van der Waals surface area contributed by atoms with Crippen molar-refractivity contribution < 1.29 is 9.26 Å². The second kappa shape index (κ2) is 5.83. The first-order valence-corrected chi connectivity index (χ1v) is 8.00. The Morgan fingerprint density at radius 1 is 1.29 bits per heavy atom. The molecule has 1 saturated heterocycles. The van der Waals surface area contributed by atoms with Crippen molar-refractivity contribution in [3.8, 4) is 11.5 Å². The molecule has 0 bridgehead atoms. The molecular weight excluding hydrogens is 306 g/mol. The van der Waals surface area contributed by atoms with Gasteiger partial charge in [0, 0.05) is 31.1 Å². The molecule has 0 amide bonds. The topological polar surface area (TPSA) is 78.9 Å². The van der Waals surface area contributed by atoms with Crippen LogP contribution in [0.1, 0.15) is 41.2 Å². The van der Waals surface area contributed by atoms with E-state index >= 15 is 0 Å². The van der Waals surface area contributed by atoms with Crippen molar-refractivity contribution in [2.24, 2.45) is 7.05 Å². The van der Waals surface area contributed by atoms with Gasteiger partial charge in [0.2, 0.25) is 11.7 Å². The molecule has 3 aromatic rings.